The van der Waals surface area contributed by atoms with Gasteiger partial charge in [0.2, 0.25) is 0 Å². The Morgan fingerprint density at radius 1 is 1.33 bits per heavy atom. The van der Waals surface area contributed by atoms with Crippen LogP contribution in [0.4, 0.5) is 5.88 Å². The minimum absolute atomic E-state index is 0.0805. The summed E-state index contributed by atoms with van der Waals surface area (Å²) in [6.45, 7) is 0. The molecule has 9 heteroatoms. The van der Waals surface area contributed by atoms with Crippen molar-refractivity contribution in [3.8, 4) is 11.5 Å². The molecule has 0 saturated heterocycles. The standard InChI is InChI=1S/C12H9N3O6/c16-7-1-3-9(10(17)5-7)12(18)14-13-6-8-2-4-11(21-8)15(19)20/h1-6,16-17H,(H,14,18)/b13-6-. The van der Waals surface area contributed by atoms with Gasteiger partial charge in [0, 0.05) is 6.07 Å². The minimum atomic E-state index is -0.718. The third kappa shape index (κ3) is 3.35. The number of nitro groups is 1. The molecule has 0 unspecified atom stereocenters. The van der Waals surface area contributed by atoms with Crippen LogP contribution in [-0.4, -0.2) is 27.3 Å². The number of phenolic OH excluding ortho intramolecular Hbond substituents is 2. The molecule has 0 spiro atoms. The van der Waals surface area contributed by atoms with Crippen molar-refractivity contribution in [2.45, 2.75) is 0 Å². The quantitative estimate of drug-likeness (QED) is 0.441. The number of carbonyl (C=O) groups excluding carboxylic acids is 1. The van der Waals surface area contributed by atoms with E-state index < -0.39 is 22.5 Å². The maximum Gasteiger partial charge on any atom is 0.433 e. The fourth-order valence-electron chi connectivity index (χ4n) is 1.44. The Kier molecular flexibility index (Phi) is 3.84. The summed E-state index contributed by atoms with van der Waals surface area (Å²) >= 11 is 0. The molecule has 21 heavy (non-hydrogen) atoms. The number of carbonyl (C=O) groups is 1. The number of furan rings is 1. The van der Waals surface area contributed by atoms with Crippen LogP contribution in [-0.2, 0) is 0 Å². The maximum atomic E-state index is 11.7. The third-order valence-electron chi connectivity index (χ3n) is 2.38. The lowest BCUT2D eigenvalue weighted by molar-refractivity contribution is -0.402. The number of hydrogen-bond donors (Lipinski definition) is 3. The lowest BCUT2D eigenvalue weighted by atomic mass is 10.2. The van der Waals surface area contributed by atoms with Crippen molar-refractivity contribution in [1.29, 1.82) is 0 Å². The smallest absolute Gasteiger partial charge is 0.433 e. The van der Waals surface area contributed by atoms with E-state index >= 15 is 0 Å². The predicted molar refractivity (Wildman–Crippen MR) is 70.2 cm³/mol. The van der Waals surface area contributed by atoms with E-state index in [0.717, 1.165) is 18.3 Å². The number of nitrogens with one attached hydrogen (secondary N) is 1. The SMILES string of the molecule is O=C(N/N=C\c1ccc([N+](=O)[O-])o1)c1ccc(O)cc1O. The van der Waals surface area contributed by atoms with E-state index in [0.29, 0.717) is 0 Å². The zero-order chi connectivity index (χ0) is 15.4. The Hall–Kier alpha value is -3.36. The number of nitrogens with zero attached hydrogens (tertiary/aromatic N) is 2. The Morgan fingerprint density at radius 3 is 2.71 bits per heavy atom. The van der Waals surface area contributed by atoms with Gasteiger partial charge in [0.25, 0.3) is 5.91 Å². The van der Waals surface area contributed by atoms with Crippen LogP contribution >= 0.6 is 0 Å². The van der Waals surface area contributed by atoms with E-state index in [2.05, 4.69) is 10.5 Å². The Bertz CT molecular complexity index is 722. The summed E-state index contributed by atoms with van der Waals surface area (Å²) in [6, 6.07) is 5.91. The first kappa shape index (κ1) is 14.1. The summed E-state index contributed by atoms with van der Waals surface area (Å²) in [6.07, 6.45) is 1.07. The maximum absolute atomic E-state index is 11.7. The van der Waals surface area contributed by atoms with Crippen LogP contribution in [0.1, 0.15) is 16.1 Å². The van der Waals surface area contributed by atoms with Gasteiger partial charge in [-0.15, -0.1) is 0 Å². The molecule has 108 valence electrons. The molecule has 0 saturated carbocycles. The number of rotatable bonds is 4. The van der Waals surface area contributed by atoms with Crippen molar-refractivity contribution in [2.24, 2.45) is 5.10 Å². The van der Waals surface area contributed by atoms with E-state index in [1.54, 1.807) is 0 Å². The Morgan fingerprint density at radius 2 is 2.10 bits per heavy atom. The van der Waals surface area contributed by atoms with E-state index in [9.17, 15) is 20.0 Å². The number of phenols is 2. The molecule has 1 heterocycles. The van der Waals surface area contributed by atoms with Crippen molar-refractivity contribution in [2.75, 3.05) is 0 Å². The molecule has 9 nitrogen and oxygen atoms in total. The lowest BCUT2D eigenvalue weighted by Crippen LogP contribution is -2.17. The van der Waals surface area contributed by atoms with Gasteiger partial charge in [-0.3, -0.25) is 14.9 Å². The van der Waals surface area contributed by atoms with Crippen molar-refractivity contribution in [3.05, 3.63) is 51.8 Å². The highest BCUT2D eigenvalue weighted by Crippen LogP contribution is 2.22. The van der Waals surface area contributed by atoms with E-state index in [4.69, 9.17) is 9.52 Å². The summed E-state index contributed by atoms with van der Waals surface area (Å²) in [4.78, 5) is 21.4. The second-order valence-electron chi connectivity index (χ2n) is 3.83. The summed E-state index contributed by atoms with van der Waals surface area (Å²) in [7, 11) is 0. The van der Waals surface area contributed by atoms with E-state index in [-0.39, 0.29) is 17.1 Å². The van der Waals surface area contributed by atoms with Gasteiger partial charge < -0.3 is 14.6 Å². The highest BCUT2D eigenvalue weighted by atomic mass is 16.6. The molecule has 0 fully saturated rings. The second-order valence-corrected chi connectivity index (χ2v) is 3.83. The molecule has 0 aliphatic heterocycles. The fraction of sp³-hybridized carbons (Fsp3) is 0. The van der Waals surface area contributed by atoms with Gasteiger partial charge in [0.1, 0.15) is 16.4 Å². The Balaban J connectivity index is 2.03. The fourth-order valence-corrected chi connectivity index (χ4v) is 1.44. The number of aromatic hydroxyl groups is 2. The van der Waals surface area contributed by atoms with Crippen LogP contribution in [0.2, 0.25) is 0 Å². The first-order valence-corrected chi connectivity index (χ1v) is 5.57. The normalized spacial score (nSPS) is 10.7. The van der Waals surface area contributed by atoms with Crippen LogP contribution in [0.15, 0.2) is 39.9 Å². The largest absolute Gasteiger partial charge is 0.508 e. The molecule has 1 aromatic carbocycles. The monoisotopic (exact) mass is 291 g/mol. The van der Waals surface area contributed by atoms with E-state index in [1.807, 2.05) is 0 Å². The molecule has 0 aliphatic carbocycles. The number of amides is 1. The van der Waals surface area contributed by atoms with Crippen LogP contribution in [0.3, 0.4) is 0 Å². The van der Waals surface area contributed by atoms with Crippen molar-refractivity contribution in [3.63, 3.8) is 0 Å². The average molecular weight is 291 g/mol. The molecule has 1 amide bonds. The van der Waals surface area contributed by atoms with E-state index in [1.165, 1.54) is 18.2 Å². The molecule has 1 aromatic heterocycles. The molecule has 3 N–H and O–H groups in total. The molecule has 0 radical (unpaired) electrons. The molecular weight excluding hydrogens is 282 g/mol. The highest BCUT2D eigenvalue weighted by molar-refractivity contribution is 5.97. The van der Waals surface area contributed by atoms with Crippen molar-refractivity contribution in [1.82, 2.24) is 5.43 Å². The third-order valence-corrected chi connectivity index (χ3v) is 2.38. The number of hydrogen-bond acceptors (Lipinski definition) is 7. The zero-order valence-electron chi connectivity index (χ0n) is 10.4. The van der Waals surface area contributed by atoms with Crippen molar-refractivity contribution >= 4 is 18.0 Å². The van der Waals surface area contributed by atoms with Gasteiger partial charge >= 0.3 is 5.88 Å². The van der Waals surface area contributed by atoms with Gasteiger partial charge in [-0.1, -0.05) is 0 Å². The summed E-state index contributed by atoms with van der Waals surface area (Å²) in [5.74, 6) is -1.67. The first-order chi connectivity index (χ1) is 9.97. The van der Waals surface area contributed by atoms with Crippen molar-refractivity contribution < 1.29 is 24.3 Å². The first-order valence-electron chi connectivity index (χ1n) is 5.57. The minimum Gasteiger partial charge on any atom is -0.508 e. The van der Waals surface area contributed by atoms with Gasteiger partial charge in [-0.05, 0) is 18.2 Å². The molecule has 2 aromatic rings. The average Bonchev–Trinajstić information content (AvgIpc) is 2.87. The molecule has 0 atom stereocenters. The van der Waals surface area contributed by atoms with Gasteiger partial charge in [-0.2, -0.15) is 5.10 Å². The molecule has 2 rings (SSSR count). The van der Waals surface area contributed by atoms with Crippen LogP contribution in [0.5, 0.6) is 11.5 Å². The number of hydrazone groups is 1. The lowest BCUT2D eigenvalue weighted by Gasteiger charge is -2.02. The van der Waals surface area contributed by atoms with Crippen LogP contribution in [0, 0.1) is 10.1 Å². The second kappa shape index (κ2) is 5.74. The topological polar surface area (TPSA) is 138 Å². The molecule has 0 bridgehead atoms. The summed E-state index contributed by atoms with van der Waals surface area (Å²) in [5, 5.41) is 32.5. The zero-order valence-corrected chi connectivity index (χ0v) is 10.4. The Labute approximate surface area is 117 Å². The van der Waals surface area contributed by atoms with Gasteiger partial charge in [-0.25, -0.2) is 5.43 Å². The van der Waals surface area contributed by atoms with Crippen LogP contribution < -0.4 is 5.43 Å². The van der Waals surface area contributed by atoms with Gasteiger partial charge in [0.05, 0.1) is 17.8 Å². The summed E-state index contributed by atoms with van der Waals surface area (Å²) < 4.78 is 4.79. The highest BCUT2D eigenvalue weighted by Gasteiger charge is 2.12. The molecular formula is C12H9N3O6. The van der Waals surface area contributed by atoms with Gasteiger partial charge in [0.15, 0.2) is 5.76 Å². The summed E-state index contributed by atoms with van der Waals surface area (Å²) in [5.41, 5.74) is 2.02. The van der Waals surface area contributed by atoms with Crippen LogP contribution in [0.25, 0.3) is 0 Å². The predicted octanol–water partition coefficient (Wildman–Crippen LogP) is 1.36. The number of benzene rings is 1. The molecule has 0 aliphatic rings.